The minimum atomic E-state index is -0.737. The monoisotopic (exact) mass is 457 g/mol. The topological polar surface area (TPSA) is 131 Å². The fourth-order valence-corrected chi connectivity index (χ4v) is 3.05. The second kappa shape index (κ2) is 9.51. The lowest BCUT2D eigenvalue weighted by Gasteiger charge is -2.15. The van der Waals surface area contributed by atoms with Crippen molar-refractivity contribution in [3.63, 3.8) is 0 Å². The first kappa shape index (κ1) is 21.6. The minimum absolute atomic E-state index is 0.00472. The van der Waals surface area contributed by atoms with Gasteiger partial charge in [0.1, 0.15) is 17.1 Å². The standard InChI is InChI=1S/C17H20BrN3O7/c1-3-6-28-14-8-12(13(21(25)26)7-11(14)18)19-15-10(17(24)27-2)9-20(4-5-22)16(15)23/h7-8,19,22H,3-6,9H2,1-2H3. The van der Waals surface area contributed by atoms with Crippen LogP contribution in [-0.4, -0.2) is 60.2 Å². The van der Waals surface area contributed by atoms with Crippen LogP contribution in [0.5, 0.6) is 5.75 Å². The van der Waals surface area contributed by atoms with E-state index in [1.165, 1.54) is 24.1 Å². The smallest absolute Gasteiger partial charge is 0.337 e. The molecule has 0 saturated carbocycles. The number of anilines is 1. The number of β-amino-alcohol motifs (C(OH)–C–C–N with tert-alkyl or cyclic N) is 1. The Balaban J connectivity index is 2.49. The third kappa shape index (κ3) is 4.60. The molecule has 1 aliphatic heterocycles. The van der Waals surface area contributed by atoms with Crippen molar-refractivity contribution < 1.29 is 29.1 Å². The summed E-state index contributed by atoms with van der Waals surface area (Å²) in [5.41, 5.74) is -0.419. The molecular weight excluding hydrogens is 438 g/mol. The highest BCUT2D eigenvalue weighted by Crippen LogP contribution is 2.37. The summed E-state index contributed by atoms with van der Waals surface area (Å²) >= 11 is 3.23. The van der Waals surface area contributed by atoms with Crippen LogP contribution in [-0.2, 0) is 14.3 Å². The van der Waals surface area contributed by atoms with Crippen molar-refractivity contribution >= 4 is 39.2 Å². The Bertz CT molecular complexity index is 825. The first-order chi connectivity index (χ1) is 13.3. The van der Waals surface area contributed by atoms with Crippen molar-refractivity contribution in [1.29, 1.82) is 0 Å². The number of aliphatic hydroxyl groups is 1. The van der Waals surface area contributed by atoms with Gasteiger partial charge in [0, 0.05) is 18.7 Å². The highest BCUT2D eigenvalue weighted by Gasteiger charge is 2.35. The van der Waals surface area contributed by atoms with Gasteiger partial charge >= 0.3 is 5.97 Å². The molecule has 1 aromatic rings. The van der Waals surface area contributed by atoms with Gasteiger partial charge in [0.2, 0.25) is 0 Å². The van der Waals surface area contributed by atoms with E-state index in [4.69, 9.17) is 14.6 Å². The molecule has 1 amide bonds. The number of benzene rings is 1. The summed E-state index contributed by atoms with van der Waals surface area (Å²) in [5, 5.41) is 23.3. The third-order valence-corrected chi connectivity index (χ3v) is 4.54. The largest absolute Gasteiger partial charge is 0.492 e. The van der Waals surface area contributed by atoms with Crippen LogP contribution in [0.3, 0.4) is 0 Å². The van der Waals surface area contributed by atoms with Gasteiger partial charge in [0.05, 0.1) is 41.8 Å². The summed E-state index contributed by atoms with van der Waals surface area (Å²) in [6.07, 6.45) is 0.735. The second-order valence-electron chi connectivity index (χ2n) is 5.83. The molecule has 11 heteroatoms. The number of carbonyl (C=O) groups excluding carboxylic acids is 2. The highest BCUT2D eigenvalue weighted by molar-refractivity contribution is 9.10. The van der Waals surface area contributed by atoms with Gasteiger partial charge in [-0.3, -0.25) is 14.9 Å². The number of nitro benzene ring substituents is 1. The lowest BCUT2D eigenvalue weighted by atomic mass is 10.2. The zero-order valence-electron chi connectivity index (χ0n) is 15.4. The Labute approximate surface area is 169 Å². The van der Waals surface area contributed by atoms with Crippen LogP contribution in [0.1, 0.15) is 13.3 Å². The number of esters is 1. The van der Waals surface area contributed by atoms with Crippen LogP contribution in [0.25, 0.3) is 0 Å². The molecule has 2 rings (SSSR count). The first-order valence-corrected chi connectivity index (χ1v) is 9.22. The van der Waals surface area contributed by atoms with E-state index in [1.807, 2.05) is 6.92 Å². The van der Waals surface area contributed by atoms with Gasteiger partial charge < -0.3 is 24.8 Å². The molecule has 1 aliphatic rings. The molecule has 0 spiro atoms. The van der Waals surface area contributed by atoms with Crippen molar-refractivity contribution in [1.82, 2.24) is 4.90 Å². The first-order valence-electron chi connectivity index (χ1n) is 8.43. The van der Waals surface area contributed by atoms with Crippen molar-refractivity contribution in [3.8, 4) is 5.75 Å². The zero-order valence-corrected chi connectivity index (χ0v) is 16.9. The van der Waals surface area contributed by atoms with Crippen molar-refractivity contribution in [2.75, 3.05) is 38.7 Å². The Morgan fingerprint density at radius 1 is 1.46 bits per heavy atom. The summed E-state index contributed by atoms with van der Waals surface area (Å²) < 4.78 is 10.7. The number of carbonyl (C=O) groups is 2. The molecule has 0 bridgehead atoms. The lowest BCUT2D eigenvalue weighted by Crippen LogP contribution is -2.31. The van der Waals surface area contributed by atoms with E-state index in [0.29, 0.717) is 16.8 Å². The van der Waals surface area contributed by atoms with Gasteiger partial charge in [-0.15, -0.1) is 0 Å². The number of aliphatic hydroxyl groups excluding tert-OH is 1. The normalized spacial score (nSPS) is 13.7. The van der Waals surface area contributed by atoms with Gasteiger partial charge in [0.25, 0.3) is 11.6 Å². The predicted molar refractivity (Wildman–Crippen MR) is 103 cm³/mol. The molecule has 0 fully saturated rings. The van der Waals surface area contributed by atoms with Crippen molar-refractivity contribution in [2.45, 2.75) is 13.3 Å². The molecule has 10 nitrogen and oxygen atoms in total. The molecule has 0 aromatic heterocycles. The summed E-state index contributed by atoms with van der Waals surface area (Å²) in [5.74, 6) is -0.950. The minimum Gasteiger partial charge on any atom is -0.492 e. The fourth-order valence-electron chi connectivity index (χ4n) is 2.60. The van der Waals surface area contributed by atoms with E-state index in [9.17, 15) is 19.7 Å². The van der Waals surface area contributed by atoms with E-state index >= 15 is 0 Å². The quantitative estimate of drug-likeness (QED) is 0.326. The highest BCUT2D eigenvalue weighted by atomic mass is 79.9. The van der Waals surface area contributed by atoms with Gasteiger partial charge in [-0.25, -0.2) is 4.79 Å². The number of nitrogens with one attached hydrogen (secondary N) is 1. The molecule has 28 heavy (non-hydrogen) atoms. The van der Waals surface area contributed by atoms with Gasteiger partial charge in [-0.05, 0) is 22.4 Å². The van der Waals surface area contributed by atoms with Crippen LogP contribution >= 0.6 is 15.9 Å². The maximum absolute atomic E-state index is 12.6. The van der Waals surface area contributed by atoms with Crippen LogP contribution in [0.2, 0.25) is 0 Å². The Morgan fingerprint density at radius 2 is 2.18 bits per heavy atom. The second-order valence-corrected chi connectivity index (χ2v) is 6.68. The number of amides is 1. The zero-order chi connectivity index (χ0) is 20.8. The number of hydrogen-bond acceptors (Lipinski definition) is 8. The van der Waals surface area contributed by atoms with Crippen LogP contribution < -0.4 is 10.1 Å². The summed E-state index contributed by atoms with van der Waals surface area (Å²) in [7, 11) is 1.17. The Morgan fingerprint density at radius 3 is 2.75 bits per heavy atom. The molecule has 0 saturated heterocycles. The number of methoxy groups -OCH3 is 1. The number of halogens is 1. The number of ether oxygens (including phenoxy) is 2. The van der Waals surface area contributed by atoms with E-state index in [-0.39, 0.29) is 42.3 Å². The van der Waals surface area contributed by atoms with Gasteiger partial charge in [-0.2, -0.15) is 0 Å². The van der Waals surface area contributed by atoms with Crippen molar-refractivity contribution in [3.05, 3.63) is 38.0 Å². The number of nitro groups is 1. The molecule has 152 valence electrons. The number of nitrogens with zero attached hydrogens (tertiary/aromatic N) is 2. The maximum Gasteiger partial charge on any atom is 0.337 e. The van der Waals surface area contributed by atoms with E-state index in [1.54, 1.807) is 0 Å². The van der Waals surface area contributed by atoms with Crippen LogP contribution in [0.4, 0.5) is 11.4 Å². The molecular formula is C17H20BrN3O7. The molecule has 0 unspecified atom stereocenters. The van der Waals surface area contributed by atoms with Crippen LogP contribution in [0.15, 0.2) is 27.9 Å². The summed E-state index contributed by atoms with van der Waals surface area (Å²) in [6, 6.07) is 2.65. The molecule has 0 aliphatic carbocycles. The van der Waals surface area contributed by atoms with Gasteiger partial charge in [-0.1, -0.05) is 6.92 Å². The Hall–Kier alpha value is -2.66. The number of rotatable bonds is 9. The molecule has 2 N–H and O–H groups in total. The summed E-state index contributed by atoms with van der Waals surface area (Å²) in [6.45, 7) is 1.96. The fraction of sp³-hybridized carbons (Fsp3) is 0.412. The van der Waals surface area contributed by atoms with Crippen molar-refractivity contribution in [2.24, 2.45) is 0 Å². The SMILES string of the molecule is CCCOc1cc(NC2=C(C(=O)OC)CN(CCO)C2=O)c([N+](=O)[O-])cc1Br. The van der Waals surface area contributed by atoms with Gasteiger partial charge in [0.15, 0.2) is 0 Å². The van der Waals surface area contributed by atoms with E-state index < -0.39 is 16.8 Å². The lowest BCUT2D eigenvalue weighted by molar-refractivity contribution is -0.384. The molecule has 0 atom stereocenters. The number of hydrogen-bond donors (Lipinski definition) is 2. The molecule has 0 radical (unpaired) electrons. The maximum atomic E-state index is 12.6. The van der Waals surface area contributed by atoms with E-state index in [0.717, 1.165) is 6.42 Å². The predicted octanol–water partition coefficient (Wildman–Crippen LogP) is 1.82. The summed E-state index contributed by atoms with van der Waals surface area (Å²) in [4.78, 5) is 36.8. The molecule has 1 aromatic carbocycles. The van der Waals surface area contributed by atoms with E-state index in [2.05, 4.69) is 21.2 Å². The average molecular weight is 458 g/mol. The third-order valence-electron chi connectivity index (χ3n) is 3.92. The Kier molecular flexibility index (Phi) is 7.35. The molecule has 1 heterocycles. The average Bonchev–Trinajstić information content (AvgIpc) is 2.97. The van der Waals surface area contributed by atoms with Crippen LogP contribution in [0, 0.1) is 10.1 Å².